The van der Waals surface area contributed by atoms with Crippen LogP contribution in [0.15, 0.2) is 0 Å². The van der Waals surface area contributed by atoms with Gasteiger partial charge >= 0.3 is 0 Å². The van der Waals surface area contributed by atoms with Crippen molar-refractivity contribution in [2.45, 2.75) is 31.7 Å². The van der Waals surface area contributed by atoms with Crippen LogP contribution in [0.3, 0.4) is 0 Å². The van der Waals surface area contributed by atoms with E-state index < -0.39 is 5.41 Å². The molecule has 2 rings (SSSR count). The van der Waals surface area contributed by atoms with Crippen molar-refractivity contribution in [2.24, 2.45) is 5.41 Å². The Morgan fingerprint density at radius 2 is 1.94 bits per heavy atom. The Balaban J connectivity index is 1.90. The lowest BCUT2D eigenvalue weighted by Crippen LogP contribution is -2.46. The molecule has 88 valence electrons. The van der Waals surface area contributed by atoms with Crippen LogP contribution < -0.4 is 0 Å². The zero-order chi connectivity index (χ0) is 11.8. The molecule has 0 radical (unpaired) electrons. The topological polar surface area (TPSA) is 47.3 Å². The van der Waals surface area contributed by atoms with Gasteiger partial charge in [0, 0.05) is 19.1 Å². The molecule has 1 saturated carbocycles. The molecule has 0 spiro atoms. The van der Waals surface area contributed by atoms with E-state index in [-0.39, 0.29) is 5.91 Å². The minimum atomic E-state index is -0.634. The maximum Gasteiger partial charge on any atom is 0.243 e. The fourth-order valence-electron chi connectivity index (χ4n) is 2.39. The van der Waals surface area contributed by atoms with Gasteiger partial charge in [0.25, 0.3) is 0 Å². The number of amides is 1. The monoisotopic (exact) mass is 221 g/mol. The van der Waals surface area contributed by atoms with Crippen molar-refractivity contribution < 1.29 is 4.79 Å². The zero-order valence-electron chi connectivity index (χ0n) is 10.1. The van der Waals surface area contributed by atoms with Crippen LogP contribution >= 0.6 is 0 Å². The Kier molecular flexibility index (Phi) is 2.90. The van der Waals surface area contributed by atoms with E-state index in [0.29, 0.717) is 6.04 Å². The Morgan fingerprint density at radius 3 is 2.31 bits per heavy atom. The molecule has 4 heteroatoms. The van der Waals surface area contributed by atoms with Crippen LogP contribution in [-0.4, -0.2) is 48.9 Å². The fraction of sp³-hybridized carbons (Fsp3) is 0.833. The summed E-state index contributed by atoms with van der Waals surface area (Å²) >= 11 is 0. The smallest absolute Gasteiger partial charge is 0.243 e. The minimum absolute atomic E-state index is 0.0761. The SMILES string of the molecule is CN(C)C1CCN(C(=O)C2(C#N)CC2)CC1. The van der Waals surface area contributed by atoms with Crippen molar-refractivity contribution >= 4 is 5.91 Å². The number of rotatable bonds is 2. The Bertz CT molecular complexity index is 320. The predicted octanol–water partition coefficient (Wildman–Crippen LogP) is 0.843. The third kappa shape index (κ3) is 1.92. The van der Waals surface area contributed by atoms with E-state index in [2.05, 4.69) is 25.1 Å². The van der Waals surface area contributed by atoms with Crippen molar-refractivity contribution in [3.8, 4) is 6.07 Å². The molecule has 0 N–H and O–H groups in total. The first-order valence-electron chi connectivity index (χ1n) is 5.96. The number of hydrogen-bond donors (Lipinski definition) is 0. The number of likely N-dealkylation sites (tertiary alicyclic amines) is 1. The Hall–Kier alpha value is -1.08. The van der Waals surface area contributed by atoms with Gasteiger partial charge < -0.3 is 9.80 Å². The normalized spacial score (nSPS) is 24.2. The highest BCUT2D eigenvalue weighted by atomic mass is 16.2. The lowest BCUT2D eigenvalue weighted by atomic mass is 10.0. The molecule has 0 bridgehead atoms. The molecule has 0 atom stereocenters. The highest BCUT2D eigenvalue weighted by Crippen LogP contribution is 2.46. The standard InChI is InChI=1S/C12H19N3O/c1-14(2)10-3-7-15(8-4-10)11(16)12(9-13)5-6-12/h10H,3-8H2,1-2H3. The molecular formula is C12H19N3O. The Morgan fingerprint density at radius 1 is 1.38 bits per heavy atom. The highest BCUT2D eigenvalue weighted by Gasteiger charge is 2.52. The van der Waals surface area contributed by atoms with Gasteiger partial charge in [0.05, 0.1) is 6.07 Å². The second-order valence-corrected chi connectivity index (χ2v) is 5.18. The number of nitrogens with zero attached hydrogens (tertiary/aromatic N) is 3. The van der Waals surface area contributed by atoms with Gasteiger partial charge in [-0.15, -0.1) is 0 Å². The molecule has 2 aliphatic rings. The van der Waals surface area contributed by atoms with Gasteiger partial charge in [-0.2, -0.15) is 5.26 Å². The van der Waals surface area contributed by atoms with Gasteiger partial charge in [-0.05, 0) is 39.8 Å². The molecular weight excluding hydrogens is 202 g/mol. The van der Waals surface area contributed by atoms with E-state index >= 15 is 0 Å². The van der Waals surface area contributed by atoms with Gasteiger partial charge in [0.2, 0.25) is 5.91 Å². The summed E-state index contributed by atoms with van der Waals surface area (Å²) in [6.07, 6.45) is 3.58. The van der Waals surface area contributed by atoms with Crippen LogP contribution in [-0.2, 0) is 4.79 Å². The van der Waals surface area contributed by atoms with Gasteiger partial charge in [-0.3, -0.25) is 4.79 Å². The highest BCUT2D eigenvalue weighted by molar-refractivity contribution is 5.88. The van der Waals surface area contributed by atoms with Crippen molar-refractivity contribution in [3.63, 3.8) is 0 Å². The fourth-order valence-corrected chi connectivity index (χ4v) is 2.39. The third-order valence-electron chi connectivity index (χ3n) is 3.86. The van der Waals surface area contributed by atoms with E-state index in [9.17, 15) is 4.79 Å². The van der Waals surface area contributed by atoms with E-state index in [1.54, 1.807) is 0 Å². The van der Waals surface area contributed by atoms with Gasteiger partial charge in [-0.25, -0.2) is 0 Å². The summed E-state index contributed by atoms with van der Waals surface area (Å²) in [6, 6.07) is 2.77. The summed E-state index contributed by atoms with van der Waals surface area (Å²) in [4.78, 5) is 16.2. The molecule has 0 aromatic carbocycles. The van der Waals surface area contributed by atoms with Crippen molar-refractivity contribution in [1.29, 1.82) is 5.26 Å². The zero-order valence-corrected chi connectivity index (χ0v) is 10.1. The third-order valence-corrected chi connectivity index (χ3v) is 3.86. The second kappa shape index (κ2) is 4.06. The molecule has 0 aromatic rings. The maximum absolute atomic E-state index is 12.1. The summed E-state index contributed by atoms with van der Waals surface area (Å²) in [7, 11) is 4.17. The molecule has 1 aliphatic carbocycles. The first-order chi connectivity index (χ1) is 7.59. The summed E-state index contributed by atoms with van der Waals surface area (Å²) in [5, 5.41) is 8.99. The van der Waals surface area contributed by atoms with Crippen LogP contribution in [0, 0.1) is 16.7 Å². The molecule has 0 aromatic heterocycles. The van der Waals surface area contributed by atoms with Crippen LogP contribution in [0.1, 0.15) is 25.7 Å². The lowest BCUT2D eigenvalue weighted by molar-refractivity contribution is -0.136. The molecule has 16 heavy (non-hydrogen) atoms. The predicted molar refractivity (Wildman–Crippen MR) is 60.6 cm³/mol. The van der Waals surface area contributed by atoms with Crippen LogP contribution in [0.2, 0.25) is 0 Å². The number of piperidine rings is 1. The molecule has 0 unspecified atom stereocenters. The van der Waals surface area contributed by atoms with Gasteiger partial charge in [0.15, 0.2) is 0 Å². The summed E-state index contributed by atoms with van der Waals surface area (Å²) in [5.74, 6) is 0.0761. The summed E-state index contributed by atoms with van der Waals surface area (Å²) in [5.41, 5.74) is -0.634. The van der Waals surface area contributed by atoms with Crippen LogP contribution in [0.4, 0.5) is 0 Å². The first kappa shape index (κ1) is 11.4. The van der Waals surface area contributed by atoms with Crippen molar-refractivity contribution in [1.82, 2.24) is 9.80 Å². The van der Waals surface area contributed by atoms with Gasteiger partial charge in [0.1, 0.15) is 5.41 Å². The van der Waals surface area contributed by atoms with Crippen molar-refractivity contribution in [3.05, 3.63) is 0 Å². The number of hydrogen-bond acceptors (Lipinski definition) is 3. The molecule has 1 heterocycles. The van der Waals surface area contributed by atoms with E-state index in [1.807, 2.05) is 4.90 Å². The van der Waals surface area contributed by atoms with Gasteiger partial charge in [-0.1, -0.05) is 0 Å². The number of carbonyl (C=O) groups is 1. The first-order valence-corrected chi connectivity index (χ1v) is 5.96. The average Bonchev–Trinajstić information content (AvgIpc) is 3.09. The second-order valence-electron chi connectivity index (χ2n) is 5.18. The summed E-state index contributed by atoms with van der Waals surface area (Å²) in [6.45, 7) is 1.62. The quantitative estimate of drug-likeness (QED) is 0.694. The van der Waals surface area contributed by atoms with Crippen LogP contribution in [0.5, 0.6) is 0 Å². The summed E-state index contributed by atoms with van der Waals surface area (Å²) < 4.78 is 0. The Labute approximate surface area is 96.8 Å². The van der Waals surface area contributed by atoms with E-state index in [0.717, 1.165) is 38.8 Å². The number of nitriles is 1. The average molecular weight is 221 g/mol. The largest absolute Gasteiger partial charge is 0.341 e. The maximum atomic E-state index is 12.1. The molecule has 4 nitrogen and oxygen atoms in total. The minimum Gasteiger partial charge on any atom is -0.341 e. The molecule has 2 fully saturated rings. The molecule has 1 saturated heterocycles. The van der Waals surface area contributed by atoms with Crippen LogP contribution in [0.25, 0.3) is 0 Å². The van der Waals surface area contributed by atoms with Crippen molar-refractivity contribution in [2.75, 3.05) is 27.2 Å². The molecule has 1 aliphatic heterocycles. The van der Waals surface area contributed by atoms with E-state index in [1.165, 1.54) is 0 Å². The lowest BCUT2D eigenvalue weighted by Gasteiger charge is -2.36. The molecule has 1 amide bonds. The number of carbonyl (C=O) groups excluding carboxylic acids is 1. The van der Waals surface area contributed by atoms with E-state index in [4.69, 9.17) is 5.26 Å².